The number of morpholine rings is 1. The summed E-state index contributed by atoms with van der Waals surface area (Å²) in [6, 6.07) is 7.92. The third-order valence-electron chi connectivity index (χ3n) is 8.38. The Hall–Kier alpha value is -3.65. The molecule has 3 N–H and O–H groups in total. The number of hydroxylamine groups is 1. The summed E-state index contributed by atoms with van der Waals surface area (Å²) in [7, 11) is 0. The van der Waals surface area contributed by atoms with E-state index in [2.05, 4.69) is 37.9 Å². The van der Waals surface area contributed by atoms with Crippen molar-refractivity contribution >= 4 is 29.0 Å². The molecule has 1 aliphatic carbocycles. The minimum Gasteiger partial charge on any atom is -0.377 e. The van der Waals surface area contributed by atoms with Crippen LogP contribution in [0.2, 0.25) is 0 Å². The first kappa shape index (κ1) is 28.5. The van der Waals surface area contributed by atoms with Crippen LogP contribution in [0.5, 0.6) is 0 Å². The van der Waals surface area contributed by atoms with Gasteiger partial charge in [-0.25, -0.2) is 14.8 Å². The number of alkyl halides is 3. The molecule has 1 amide bonds. The molecule has 3 atom stereocenters. The number of amides is 1. The van der Waals surface area contributed by atoms with Crippen LogP contribution in [0.4, 0.5) is 29.7 Å². The third-order valence-corrected chi connectivity index (χ3v) is 8.38. The van der Waals surface area contributed by atoms with Crippen molar-refractivity contribution in [2.75, 3.05) is 30.0 Å². The van der Waals surface area contributed by atoms with Crippen molar-refractivity contribution in [2.45, 2.75) is 70.5 Å². The van der Waals surface area contributed by atoms with E-state index in [1.807, 2.05) is 34.9 Å². The Morgan fingerprint density at radius 2 is 1.88 bits per heavy atom. The number of fused-ring (bicyclic) bond motifs is 1. The number of hydrogen-bond acceptors (Lipinski definition) is 9. The zero-order valence-electron chi connectivity index (χ0n) is 23.5. The average Bonchev–Trinajstić information content (AvgIpc) is 3.58. The van der Waals surface area contributed by atoms with Crippen LogP contribution in [0.1, 0.15) is 63.1 Å². The minimum atomic E-state index is -4.52. The maximum absolute atomic E-state index is 13.8. The topological polar surface area (TPSA) is 118 Å². The maximum atomic E-state index is 13.8. The summed E-state index contributed by atoms with van der Waals surface area (Å²) in [4.78, 5) is 32.7. The van der Waals surface area contributed by atoms with Gasteiger partial charge in [0.25, 0.3) is 0 Å². The van der Waals surface area contributed by atoms with Gasteiger partial charge in [-0.3, -0.25) is 5.32 Å². The molecular weight excluding hydrogens is 553 g/mol. The second-order valence-corrected chi connectivity index (χ2v) is 11.4. The largest absolute Gasteiger partial charge is 0.427 e. The number of benzene rings is 1. The van der Waals surface area contributed by atoms with Crippen LogP contribution >= 0.6 is 0 Å². The summed E-state index contributed by atoms with van der Waals surface area (Å²) in [6.45, 7) is 5.33. The first-order chi connectivity index (χ1) is 20.2. The lowest BCUT2D eigenvalue weighted by Gasteiger charge is -2.37. The number of aromatic nitrogens is 4. The number of halogens is 3. The van der Waals surface area contributed by atoms with Crippen molar-refractivity contribution < 1.29 is 27.5 Å². The standard InChI is InChI=1S/C28H35F3N8O3/c1-16-8-10-18(11-9-16)14-39-21-22(32-17(2)28(29,30)31)33-24(25-36-27(40)42-37-25)34-23(21)35-26(39)38-12-13-41-15-20(38)19-6-4-3-5-7-19/h3-7,16-18,20,25,37H,8-15H2,1-2H3,(H,36,40)(H,32,33,34)/t16?,17-,18?,20+,25?/m1/s1. The Morgan fingerprint density at radius 3 is 2.57 bits per heavy atom. The van der Waals surface area contributed by atoms with Crippen LogP contribution in [0.3, 0.4) is 0 Å². The number of nitrogens with one attached hydrogen (secondary N) is 3. The molecular formula is C28H35F3N8O3. The smallest absolute Gasteiger partial charge is 0.377 e. The fourth-order valence-electron chi connectivity index (χ4n) is 5.92. The second-order valence-electron chi connectivity index (χ2n) is 11.4. The van der Waals surface area contributed by atoms with E-state index in [0.29, 0.717) is 49.6 Å². The minimum absolute atomic E-state index is 0.00442. The lowest BCUT2D eigenvalue weighted by Crippen LogP contribution is -2.41. The zero-order valence-corrected chi connectivity index (χ0v) is 23.5. The Morgan fingerprint density at radius 1 is 1.12 bits per heavy atom. The van der Waals surface area contributed by atoms with Gasteiger partial charge in [0.15, 0.2) is 23.5 Å². The Balaban J connectivity index is 1.50. The van der Waals surface area contributed by atoms with E-state index in [4.69, 9.17) is 14.6 Å². The summed E-state index contributed by atoms with van der Waals surface area (Å²) < 4.78 is 49.2. The molecule has 0 spiro atoms. The zero-order chi connectivity index (χ0) is 29.4. The molecule has 2 aromatic heterocycles. The SMILES string of the molecule is CC1CCC(Cn2c(N3CCOC[C@H]3c3ccccc3)nc3nc(C4NOC(=O)N4)nc(N[C@H](C)C(F)(F)F)c32)CC1. The monoisotopic (exact) mass is 588 g/mol. The fraction of sp³-hybridized carbons (Fsp3) is 0.571. The van der Waals surface area contributed by atoms with Crippen molar-refractivity contribution in [3.8, 4) is 0 Å². The van der Waals surface area contributed by atoms with Gasteiger partial charge in [0.1, 0.15) is 11.6 Å². The fourth-order valence-corrected chi connectivity index (χ4v) is 5.92. The summed E-state index contributed by atoms with van der Waals surface area (Å²) in [5.41, 5.74) is 4.16. The first-order valence-electron chi connectivity index (χ1n) is 14.4. The van der Waals surface area contributed by atoms with Crippen molar-refractivity contribution in [1.82, 2.24) is 30.3 Å². The van der Waals surface area contributed by atoms with E-state index in [9.17, 15) is 18.0 Å². The van der Waals surface area contributed by atoms with Crippen LogP contribution in [-0.2, 0) is 16.1 Å². The molecule has 4 heterocycles. The Labute approximate surface area is 241 Å². The van der Waals surface area contributed by atoms with E-state index in [1.165, 1.54) is 0 Å². The van der Waals surface area contributed by atoms with Gasteiger partial charge < -0.3 is 24.4 Å². The molecule has 2 saturated heterocycles. The molecule has 0 bridgehead atoms. The average molecular weight is 589 g/mol. The van der Waals surface area contributed by atoms with Crippen molar-refractivity contribution in [2.24, 2.45) is 11.8 Å². The molecule has 2 aliphatic heterocycles. The summed E-state index contributed by atoms with van der Waals surface area (Å²) in [5, 5.41) is 5.10. The van der Waals surface area contributed by atoms with Gasteiger partial charge >= 0.3 is 12.3 Å². The molecule has 1 unspecified atom stereocenters. The highest BCUT2D eigenvalue weighted by molar-refractivity contribution is 5.86. The molecule has 1 aromatic carbocycles. The molecule has 1 saturated carbocycles. The van der Waals surface area contributed by atoms with Crippen LogP contribution in [0.15, 0.2) is 30.3 Å². The highest BCUT2D eigenvalue weighted by atomic mass is 19.4. The number of ether oxygens (including phenoxy) is 1. The molecule has 3 aliphatic rings. The van der Waals surface area contributed by atoms with E-state index >= 15 is 0 Å². The van der Waals surface area contributed by atoms with E-state index in [1.54, 1.807) is 0 Å². The number of imidazole rings is 1. The highest BCUT2D eigenvalue weighted by Gasteiger charge is 2.38. The van der Waals surface area contributed by atoms with Crippen molar-refractivity contribution in [3.63, 3.8) is 0 Å². The number of carbonyl (C=O) groups is 1. The summed E-state index contributed by atoms with van der Waals surface area (Å²) >= 11 is 0. The van der Waals surface area contributed by atoms with Gasteiger partial charge in [0.2, 0.25) is 5.95 Å². The van der Waals surface area contributed by atoms with Gasteiger partial charge in [0, 0.05) is 13.1 Å². The predicted molar refractivity (Wildman–Crippen MR) is 148 cm³/mol. The van der Waals surface area contributed by atoms with Crippen molar-refractivity contribution in [1.29, 1.82) is 0 Å². The molecule has 11 nitrogen and oxygen atoms in total. The maximum Gasteiger partial charge on any atom is 0.427 e. The van der Waals surface area contributed by atoms with Crippen LogP contribution in [0, 0.1) is 11.8 Å². The molecule has 226 valence electrons. The first-order valence-corrected chi connectivity index (χ1v) is 14.4. The van der Waals surface area contributed by atoms with Crippen molar-refractivity contribution in [3.05, 3.63) is 41.7 Å². The van der Waals surface area contributed by atoms with E-state index in [0.717, 1.165) is 38.2 Å². The van der Waals surface area contributed by atoms with Gasteiger partial charge in [-0.05, 0) is 37.2 Å². The van der Waals surface area contributed by atoms with Gasteiger partial charge in [0.05, 0.1) is 19.3 Å². The predicted octanol–water partition coefficient (Wildman–Crippen LogP) is 4.84. The number of hydrogen-bond donors (Lipinski definition) is 3. The van der Waals surface area contributed by atoms with Crippen LogP contribution in [-0.4, -0.2) is 57.6 Å². The number of anilines is 2. The van der Waals surface area contributed by atoms with Gasteiger partial charge in [-0.15, -0.1) is 5.48 Å². The quantitative estimate of drug-likeness (QED) is 0.357. The number of rotatable bonds is 7. The van der Waals surface area contributed by atoms with Gasteiger partial charge in [-0.2, -0.15) is 18.2 Å². The third kappa shape index (κ3) is 5.82. The van der Waals surface area contributed by atoms with E-state index < -0.39 is 24.5 Å². The molecule has 42 heavy (non-hydrogen) atoms. The molecule has 14 heteroatoms. The van der Waals surface area contributed by atoms with Crippen LogP contribution < -0.4 is 21.0 Å². The summed E-state index contributed by atoms with van der Waals surface area (Å²) in [5.74, 6) is 1.61. The molecule has 0 radical (unpaired) electrons. The highest BCUT2D eigenvalue weighted by Crippen LogP contribution is 2.38. The number of nitrogens with zero attached hydrogens (tertiary/aromatic N) is 5. The molecule has 6 rings (SSSR count). The van der Waals surface area contributed by atoms with Crippen LogP contribution in [0.25, 0.3) is 11.2 Å². The lowest BCUT2D eigenvalue weighted by atomic mass is 9.83. The molecule has 3 aromatic rings. The second kappa shape index (κ2) is 11.6. The normalized spacial score (nSPS) is 25.7. The van der Waals surface area contributed by atoms with E-state index in [-0.39, 0.29) is 23.3 Å². The number of carbonyl (C=O) groups excluding carboxylic acids is 1. The summed E-state index contributed by atoms with van der Waals surface area (Å²) in [6.07, 6.45) is -1.98. The lowest BCUT2D eigenvalue weighted by molar-refractivity contribution is -0.138. The Bertz CT molecular complexity index is 1410. The molecule has 3 fully saturated rings. The Kier molecular flexibility index (Phi) is 7.83. The van der Waals surface area contributed by atoms with Gasteiger partial charge in [-0.1, -0.05) is 50.1 Å².